The number of nitrogens with one attached hydrogen (secondary N) is 1. The van der Waals surface area contributed by atoms with Gasteiger partial charge in [0.1, 0.15) is 10.6 Å². The predicted octanol–water partition coefficient (Wildman–Crippen LogP) is 4.68. The summed E-state index contributed by atoms with van der Waals surface area (Å²) in [4.78, 5) is 13.4. The highest BCUT2D eigenvalue weighted by Gasteiger charge is 2.33. The number of piperidine rings is 1. The number of halogens is 3. The molecule has 1 atom stereocenters. The lowest BCUT2D eigenvalue weighted by atomic mass is 10.0. The lowest BCUT2D eigenvalue weighted by molar-refractivity contribution is -0.137. The Morgan fingerprint density at radius 1 is 1.12 bits per heavy atom. The summed E-state index contributed by atoms with van der Waals surface area (Å²) >= 11 is 0. The topological polar surface area (TPSA) is 84.9 Å². The third-order valence-corrected chi connectivity index (χ3v) is 6.94. The van der Waals surface area contributed by atoms with E-state index in [1.807, 2.05) is 11.8 Å². The average Bonchev–Trinajstić information content (AvgIpc) is 2.77. The number of methoxy groups -OCH3 is 2. The normalized spacial score (nSPS) is 16.9. The van der Waals surface area contributed by atoms with E-state index < -0.39 is 32.6 Å². The van der Waals surface area contributed by atoms with Crippen LogP contribution in [0.25, 0.3) is 0 Å². The molecule has 1 heterocycles. The van der Waals surface area contributed by atoms with E-state index in [4.69, 9.17) is 4.74 Å². The Kier molecular flexibility index (Phi) is 7.11. The first kappa shape index (κ1) is 24.7. The largest absolute Gasteiger partial charge is 0.495 e. The second-order valence-corrected chi connectivity index (χ2v) is 9.38. The summed E-state index contributed by atoms with van der Waals surface area (Å²) in [5.74, 6) is -0.842. The van der Waals surface area contributed by atoms with E-state index in [9.17, 15) is 26.4 Å². The van der Waals surface area contributed by atoms with E-state index in [2.05, 4.69) is 9.46 Å². The number of esters is 1. The summed E-state index contributed by atoms with van der Waals surface area (Å²) in [5.41, 5.74) is -0.887. The first-order chi connectivity index (χ1) is 15.5. The van der Waals surface area contributed by atoms with E-state index in [0.29, 0.717) is 12.2 Å². The molecule has 0 spiro atoms. The van der Waals surface area contributed by atoms with Crippen LogP contribution in [0.4, 0.5) is 24.5 Å². The predicted molar refractivity (Wildman–Crippen MR) is 117 cm³/mol. The Hall–Kier alpha value is -2.95. The van der Waals surface area contributed by atoms with Crippen LogP contribution in [0.3, 0.4) is 0 Å². The number of ether oxygens (including phenoxy) is 2. The second kappa shape index (κ2) is 9.50. The molecule has 0 saturated carbocycles. The number of benzene rings is 2. The molecule has 0 amide bonds. The van der Waals surface area contributed by atoms with Gasteiger partial charge in [0, 0.05) is 12.6 Å². The van der Waals surface area contributed by atoms with Crippen LogP contribution in [-0.4, -0.2) is 41.2 Å². The number of alkyl halides is 3. The number of hydrogen-bond donors (Lipinski definition) is 1. The van der Waals surface area contributed by atoms with Crippen molar-refractivity contribution in [2.75, 3.05) is 30.4 Å². The Balaban J connectivity index is 2.11. The van der Waals surface area contributed by atoms with E-state index in [0.717, 1.165) is 44.6 Å². The summed E-state index contributed by atoms with van der Waals surface area (Å²) in [6.07, 6.45) is -2.00. The van der Waals surface area contributed by atoms with Gasteiger partial charge in [-0.25, -0.2) is 13.2 Å². The summed E-state index contributed by atoms with van der Waals surface area (Å²) in [7, 11) is -2.04. The highest BCUT2D eigenvalue weighted by molar-refractivity contribution is 7.92. The molecule has 0 aromatic heterocycles. The monoisotopic (exact) mass is 486 g/mol. The van der Waals surface area contributed by atoms with Crippen LogP contribution < -0.4 is 14.4 Å². The standard InChI is InChI=1S/C22H25F3N2O5S/c1-14-6-4-5-11-27(14)18-9-8-16(22(23,24)25)13-17(18)26-33(29,30)20-12-15(21(28)32-3)7-10-19(20)31-2/h7-10,12-14,26H,4-6,11H2,1-3H3. The Morgan fingerprint density at radius 3 is 2.45 bits per heavy atom. The van der Waals surface area contributed by atoms with Crippen molar-refractivity contribution >= 4 is 27.4 Å². The average molecular weight is 487 g/mol. The molecule has 0 bridgehead atoms. The molecule has 2 aromatic rings. The molecule has 0 aliphatic carbocycles. The Morgan fingerprint density at radius 2 is 1.85 bits per heavy atom. The zero-order valence-electron chi connectivity index (χ0n) is 18.4. The molecule has 1 unspecified atom stereocenters. The number of hydrogen-bond acceptors (Lipinski definition) is 6. The van der Waals surface area contributed by atoms with Crippen LogP contribution in [-0.2, 0) is 20.9 Å². The van der Waals surface area contributed by atoms with Gasteiger partial charge in [0.05, 0.1) is 36.7 Å². The third-order valence-electron chi connectivity index (χ3n) is 5.55. The molecule has 2 aromatic carbocycles. The third kappa shape index (κ3) is 5.35. The summed E-state index contributed by atoms with van der Waals surface area (Å²) in [6, 6.07) is 6.69. The van der Waals surface area contributed by atoms with Gasteiger partial charge in [-0.15, -0.1) is 0 Å². The van der Waals surface area contributed by atoms with Gasteiger partial charge in [0.25, 0.3) is 10.0 Å². The minimum atomic E-state index is -4.66. The molecule has 180 valence electrons. The number of anilines is 2. The first-order valence-corrected chi connectivity index (χ1v) is 11.7. The number of carbonyl (C=O) groups excluding carboxylic acids is 1. The van der Waals surface area contributed by atoms with Crippen LogP contribution >= 0.6 is 0 Å². The maximum Gasteiger partial charge on any atom is 0.416 e. The fraction of sp³-hybridized carbons (Fsp3) is 0.409. The summed E-state index contributed by atoms with van der Waals surface area (Å²) in [5, 5.41) is 0. The van der Waals surface area contributed by atoms with Crippen LogP contribution in [0, 0.1) is 0 Å². The highest BCUT2D eigenvalue weighted by Crippen LogP contribution is 2.39. The van der Waals surface area contributed by atoms with E-state index in [1.165, 1.54) is 25.3 Å². The SMILES string of the molecule is COC(=O)c1ccc(OC)c(S(=O)(=O)Nc2cc(C(F)(F)F)ccc2N2CCCCC2C)c1. The second-order valence-electron chi connectivity index (χ2n) is 7.73. The Labute approximate surface area is 190 Å². The van der Waals surface area contributed by atoms with Gasteiger partial charge >= 0.3 is 12.1 Å². The molecule has 1 fully saturated rings. The lowest BCUT2D eigenvalue weighted by Crippen LogP contribution is -2.38. The van der Waals surface area contributed by atoms with Crippen molar-refractivity contribution in [3.8, 4) is 5.75 Å². The fourth-order valence-corrected chi connectivity index (χ4v) is 5.09. The number of nitrogens with zero attached hydrogens (tertiary/aromatic N) is 1. The van der Waals surface area contributed by atoms with Gasteiger partial charge in [0.15, 0.2) is 0 Å². The quantitative estimate of drug-likeness (QED) is 0.597. The van der Waals surface area contributed by atoms with Gasteiger partial charge in [0.2, 0.25) is 0 Å². The highest BCUT2D eigenvalue weighted by atomic mass is 32.2. The number of sulfonamides is 1. The van der Waals surface area contributed by atoms with E-state index >= 15 is 0 Å². The van der Waals surface area contributed by atoms with Gasteiger partial charge in [-0.1, -0.05) is 0 Å². The van der Waals surface area contributed by atoms with Crippen molar-refractivity contribution in [1.82, 2.24) is 0 Å². The zero-order chi connectivity index (χ0) is 24.4. The molecular weight excluding hydrogens is 461 g/mol. The molecule has 1 saturated heterocycles. The van der Waals surface area contributed by atoms with Crippen molar-refractivity contribution in [1.29, 1.82) is 0 Å². The smallest absolute Gasteiger partial charge is 0.416 e. The number of carbonyl (C=O) groups is 1. The molecule has 7 nitrogen and oxygen atoms in total. The van der Waals surface area contributed by atoms with Gasteiger partial charge in [-0.05, 0) is 62.6 Å². The van der Waals surface area contributed by atoms with Crippen LogP contribution in [0.15, 0.2) is 41.3 Å². The van der Waals surface area contributed by atoms with Crippen molar-refractivity contribution < 1.29 is 35.9 Å². The molecule has 0 radical (unpaired) electrons. The van der Waals surface area contributed by atoms with Crippen LogP contribution in [0.1, 0.15) is 42.1 Å². The summed E-state index contributed by atoms with van der Waals surface area (Å²) < 4.78 is 78.8. The van der Waals surface area contributed by atoms with Crippen molar-refractivity contribution in [3.05, 3.63) is 47.5 Å². The van der Waals surface area contributed by atoms with Gasteiger partial charge in [-0.3, -0.25) is 4.72 Å². The Bertz CT molecular complexity index is 1140. The molecule has 11 heteroatoms. The maximum absolute atomic E-state index is 13.4. The van der Waals surface area contributed by atoms with E-state index in [-0.39, 0.29) is 23.0 Å². The maximum atomic E-state index is 13.4. The van der Waals surface area contributed by atoms with E-state index in [1.54, 1.807) is 0 Å². The zero-order valence-corrected chi connectivity index (χ0v) is 19.2. The first-order valence-electron chi connectivity index (χ1n) is 10.2. The molecule has 3 rings (SSSR count). The van der Waals surface area contributed by atoms with Gasteiger partial charge in [-0.2, -0.15) is 13.2 Å². The molecule has 1 N–H and O–H groups in total. The van der Waals surface area contributed by atoms with Crippen LogP contribution in [0.2, 0.25) is 0 Å². The van der Waals surface area contributed by atoms with Crippen molar-refractivity contribution in [2.45, 2.75) is 43.3 Å². The van der Waals surface area contributed by atoms with Gasteiger partial charge < -0.3 is 14.4 Å². The number of rotatable bonds is 6. The fourth-order valence-electron chi connectivity index (χ4n) is 3.83. The van der Waals surface area contributed by atoms with Crippen LogP contribution in [0.5, 0.6) is 5.75 Å². The minimum Gasteiger partial charge on any atom is -0.495 e. The van der Waals surface area contributed by atoms with Crippen molar-refractivity contribution in [2.24, 2.45) is 0 Å². The van der Waals surface area contributed by atoms with Crippen molar-refractivity contribution in [3.63, 3.8) is 0 Å². The molecule has 1 aliphatic heterocycles. The molecular formula is C22H25F3N2O5S. The summed E-state index contributed by atoms with van der Waals surface area (Å²) in [6.45, 7) is 2.53. The lowest BCUT2D eigenvalue weighted by Gasteiger charge is -2.36. The minimum absolute atomic E-state index is 0.0240. The molecule has 33 heavy (non-hydrogen) atoms. The molecule has 1 aliphatic rings.